The van der Waals surface area contributed by atoms with Crippen LogP contribution in [0.25, 0.3) is 0 Å². The molecular formula is C12H9Br2NO3S. The second-order valence-corrected chi connectivity index (χ2v) is 7.27. The first-order valence-corrected chi connectivity index (χ1v) is 8.22. The van der Waals surface area contributed by atoms with E-state index in [1.54, 1.807) is 6.07 Å². The molecule has 0 aromatic heterocycles. The summed E-state index contributed by atoms with van der Waals surface area (Å²) in [6.45, 7) is 0. The average molecular weight is 407 g/mol. The third-order valence-corrected chi connectivity index (χ3v) is 4.54. The molecule has 0 fully saturated rings. The van der Waals surface area contributed by atoms with Crippen LogP contribution in [0.5, 0.6) is 5.75 Å². The predicted molar refractivity (Wildman–Crippen MR) is 80.8 cm³/mol. The lowest BCUT2D eigenvalue weighted by molar-refractivity contribution is 0.475. The zero-order valence-corrected chi connectivity index (χ0v) is 13.5. The van der Waals surface area contributed by atoms with E-state index < -0.39 is 10.0 Å². The van der Waals surface area contributed by atoms with E-state index >= 15 is 0 Å². The van der Waals surface area contributed by atoms with Crippen molar-refractivity contribution in [3.8, 4) is 5.75 Å². The molecular weight excluding hydrogens is 398 g/mol. The van der Waals surface area contributed by atoms with Crippen molar-refractivity contribution in [2.24, 2.45) is 0 Å². The van der Waals surface area contributed by atoms with Gasteiger partial charge in [-0.2, -0.15) is 0 Å². The lowest BCUT2D eigenvalue weighted by Crippen LogP contribution is -2.12. The van der Waals surface area contributed by atoms with Crippen molar-refractivity contribution in [3.63, 3.8) is 0 Å². The van der Waals surface area contributed by atoms with Crippen LogP contribution < -0.4 is 4.72 Å². The Labute approximate surface area is 127 Å². The molecule has 0 saturated carbocycles. The van der Waals surface area contributed by atoms with Gasteiger partial charge in [0.15, 0.2) is 0 Å². The third-order valence-electron chi connectivity index (χ3n) is 2.27. The van der Waals surface area contributed by atoms with Crippen molar-refractivity contribution in [3.05, 3.63) is 51.4 Å². The number of hydrogen-bond acceptors (Lipinski definition) is 3. The summed E-state index contributed by atoms with van der Waals surface area (Å²) < 4.78 is 28.1. The Hall–Kier alpha value is -1.05. The molecule has 2 aromatic rings. The first-order valence-electron chi connectivity index (χ1n) is 5.15. The molecule has 19 heavy (non-hydrogen) atoms. The van der Waals surface area contributed by atoms with Crippen LogP contribution >= 0.6 is 31.9 Å². The highest BCUT2D eigenvalue weighted by Crippen LogP contribution is 2.25. The van der Waals surface area contributed by atoms with Crippen molar-refractivity contribution < 1.29 is 13.5 Å². The quantitative estimate of drug-likeness (QED) is 0.763. The van der Waals surface area contributed by atoms with E-state index in [0.29, 0.717) is 14.6 Å². The Morgan fingerprint density at radius 1 is 0.947 bits per heavy atom. The first kappa shape index (κ1) is 14.4. The molecule has 0 spiro atoms. The number of hydrogen-bond donors (Lipinski definition) is 2. The van der Waals surface area contributed by atoms with E-state index in [2.05, 4.69) is 36.6 Å². The second-order valence-electron chi connectivity index (χ2n) is 3.76. The highest BCUT2D eigenvalue weighted by Gasteiger charge is 2.15. The Bertz CT molecular complexity index is 679. The summed E-state index contributed by atoms with van der Waals surface area (Å²) >= 11 is 6.49. The smallest absolute Gasteiger partial charge is 0.261 e. The summed E-state index contributed by atoms with van der Waals surface area (Å²) in [5.74, 6) is 0.0770. The fourth-order valence-corrected chi connectivity index (χ4v) is 4.15. The maximum absolute atomic E-state index is 12.2. The normalized spacial score (nSPS) is 11.3. The summed E-state index contributed by atoms with van der Waals surface area (Å²) in [5, 5.41) is 9.16. The van der Waals surface area contributed by atoms with Gasteiger partial charge in [-0.3, -0.25) is 4.72 Å². The van der Waals surface area contributed by atoms with Crippen LogP contribution in [0, 0.1) is 0 Å². The van der Waals surface area contributed by atoms with Crippen molar-refractivity contribution in [2.45, 2.75) is 4.90 Å². The molecule has 0 aliphatic heterocycles. The van der Waals surface area contributed by atoms with Gasteiger partial charge in [0.05, 0.1) is 4.90 Å². The molecule has 7 heteroatoms. The van der Waals surface area contributed by atoms with Gasteiger partial charge in [-0.1, -0.05) is 31.9 Å². The van der Waals surface area contributed by atoms with Gasteiger partial charge in [0.1, 0.15) is 5.75 Å². The van der Waals surface area contributed by atoms with E-state index in [9.17, 15) is 8.42 Å². The van der Waals surface area contributed by atoms with E-state index in [-0.39, 0.29) is 10.6 Å². The van der Waals surface area contributed by atoms with Crippen LogP contribution in [0.4, 0.5) is 5.69 Å². The number of halogens is 2. The Morgan fingerprint density at radius 3 is 2.00 bits per heavy atom. The Balaban J connectivity index is 2.34. The zero-order chi connectivity index (χ0) is 14.0. The van der Waals surface area contributed by atoms with Gasteiger partial charge in [-0.25, -0.2) is 8.42 Å². The third kappa shape index (κ3) is 3.71. The SMILES string of the molecule is O=S(=O)(Nc1ccc(O)cc1)c1cc(Br)cc(Br)c1. The molecule has 0 amide bonds. The summed E-state index contributed by atoms with van der Waals surface area (Å²) in [5.41, 5.74) is 0.383. The van der Waals surface area contributed by atoms with E-state index in [4.69, 9.17) is 5.11 Å². The van der Waals surface area contributed by atoms with Crippen LogP contribution in [-0.2, 0) is 10.0 Å². The van der Waals surface area contributed by atoms with Crippen LogP contribution in [0.15, 0.2) is 56.3 Å². The topological polar surface area (TPSA) is 66.4 Å². The maximum Gasteiger partial charge on any atom is 0.261 e. The molecule has 100 valence electrons. The molecule has 0 bridgehead atoms. The summed E-state index contributed by atoms with van der Waals surface area (Å²) in [4.78, 5) is 0.141. The van der Waals surface area contributed by atoms with Crippen LogP contribution in [0.1, 0.15) is 0 Å². The minimum Gasteiger partial charge on any atom is -0.508 e. The van der Waals surface area contributed by atoms with Crippen LogP contribution in [0.2, 0.25) is 0 Å². The number of sulfonamides is 1. The minimum atomic E-state index is -3.66. The Kier molecular flexibility index (Phi) is 4.17. The van der Waals surface area contributed by atoms with E-state index in [1.165, 1.54) is 36.4 Å². The summed E-state index contributed by atoms with van der Waals surface area (Å²) in [6, 6.07) is 10.6. The number of benzene rings is 2. The molecule has 0 saturated heterocycles. The van der Waals surface area contributed by atoms with Gasteiger partial charge >= 0.3 is 0 Å². The minimum absolute atomic E-state index is 0.0770. The monoisotopic (exact) mass is 405 g/mol. The van der Waals surface area contributed by atoms with E-state index in [0.717, 1.165) is 0 Å². The van der Waals surface area contributed by atoms with Gasteiger partial charge in [-0.15, -0.1) is 0 Å². The van der Waals surface area contributed by atoms with Crippen LogP contribution in [-0.4, -0.2) is 13.5 Å². The molecule has 0 radical (unpaired) electrons. The van der Waals surface area contributed by atoms with E-state index in [1.807, 2.05) is 0 Å². The van der Waals surface area contributed by atoms with Gasteiger partial charge in [0.2, 0.25) is 0 Å². The summed E-state index contributed by atoms with van der Waals surface area (Å²) in [7, 11) is -3.66. The molecule has 0 aliphatic rings. The van der Waals surface area contributed by atoms with Crippen molar-refractivity contribution in [2.75, 3.05) is 4.72 Å². The Morgan fingerprint density at radius 2 is 1.47 bits per heavy atom. The second kappa shape index (κ2) is 5.52. The number of anilines is 1. The van der Waals surface area contributed by atoms with Gasteiger partial charge < -0.3 is 5.11 Å². The molecule has 0 heterocycles. The molecule has 0 aliphatic carbocycles. The van der Waals surface area contributed by atoms with Crippen molar-refractivity contribution in [1.82, 2.24) is 0 Å². The van der Waals surface area contributed by atoms with Gasteiger partial charge in [-0.05, 0) is 42.5 Å². The number of phenols is 1. The molecule has 2 aromatic carbocycles. The predicted octanol–water partition coefficient (Wildman–Crippen LogP) is 3.72. The number of nitrogens with one attached hydrogen (secondary N) is 1. The number of phenolic OH excluding ortho intramolecular Hbond substituents is 1. The number of aromatic hydroxyl groups is 1. The molecule has 2 N–H and O–H groups in total. The van der Waals surface area contributed by atoms with Gasteiger partial charge in [0, 0.05) is 14.6 Å². The fraction of sp³-hybridized carbons (Fsp3) is 0. The lowest BCUT2D eigenvalue weighted by atomic mass is 10.3. The maximum atomic E-state index is 12.2. The largest absolute Gasteiger partial charge is 0.508 e. The van der Waals surface area contributed by atoms with Gasteiger partial charge in [0.25, 0.3) is 10.0 Å². The molecule has 0 unspecified atom stereocenters. The number of rotatable bonds is 3. The fourth-order valence-electron chi connectivity index (χ4n) is 1.43. The highest BCUT2D eigenvalue weighted by molar-refractivity contribution is 9.11. The first-order chi connectivity index (χ1) is 8.87. The average Bonchev–Trinajstić information content (AvgIpc) is 2.31. The zero-order valence-electron chi connectivity index (χ0n) is 9.47. The van der Waals surface area contributed by atoms with Crippen molar-refractivity contribution >= 4 is 47.6 Å². The lowest BCUT2D eigenvalue weighted by Gasteiger charge is -2.09. The molecule has 0 atom stereocenters. The van der Waals surface area contributed by atoms with Crippen LogP contribution in [0.3, 0.4) is 0 Å². The van der Waals surface area contributed by atoms with Crippen molar-refractivity contribution in [1.29, 1.82) is 0 Å². The highest BCUT2D eigenvalue weighted by atomic mass is 79.9. The summed E-state index contributed by atoms with van der Waals surface area (Å²) in [6.07, 6.45) is 0. The molecule has 2 rings (SSSR count). The molecule has 4 nitrogen and oxygen atoms in total. The standard InChI is InChI=1S/C12H9Br2NO3S/c13-8-5-9(14)7-12(6-8)19(17,18)15-10-1-3-11(16)4-2-10/h1-7,15-16H.